The Kier molecular flexibility index (Phi) is 4.65. The topological polar surface area (TPSA) is 58.1 Å². The van der Waals surface area contributed by atoms with E-state index < -0.39 is 0 Å². The lowest BCUT2D eigenvalue weighted by molar-refractivity contribution is -0.128. The van der Waals surface area contributed by atoms with Crippen molar-refractivity contribution >= 4 is 11.6 Å². The first-order valence-corrected chi connectivity index (χ1v) is 6.45. The van der Waals surface area contributed by atoms with Crippen LogP contribution in [-0.4, -0.2) is 27.8 Å². The van der Waals surface area contributed by atoms with Crippen molar-refractivity contribution in [2.75, 3.05) is 12.4 Å². The van der Waals surface area contributed by atoms with Gasteiger partial charge in [-0.05, 0) is 11.6 Å². The van der Waals surface area contributed by atoms with Crippen LogP contribution in [0.4, 0.5) is 5.69 Å². The molecule has 0 bridgehead atoms. The minimum Gasteiger partial charge on any atom is -0.379 e. The number of aromatic nitrogens is 2. The molecule has 2 rings (SSSR count). The monoisotopic (exact) mass is 270 g/mol. The number of carbonyl (C=O) groups is 1. The van der Waals surface area contributed by atoms with Crippen molar-refractivity contribution in [3.63, 3.8) is 0 Å². The average Bonchev–Trinajstić information content (AvgIpc) is 2.47. The number of anilines is 1. The lowest BCUT2D eigenvalue weighted by Gasteiger charge is -2.18. The average molecular weight is 270 g/mol. The molecule has 1 N–H and O–H groups in total. The standard InChI is InChI=1S/C15H18N4O/c1-12(20)19(2)11-13-5-3-4-6-15(13)18-10-14-9-16-7-8-17-14/h3-9,18H,10-11H2,1-2H3. The number of amides is 1. The summed E-state index contributed by atoms with van der Waals surface area (Å²) in [6.45, 7) is 2.75. The Morgan fingerprint density at radius 2 is 2.10 bits per heavy atom. The fourth-order valence-corrected chi connectivity index (χ4v) is 1.80. The zero-order chi connectivity index (χ0) is 14.4. The van der Waals surface area contributed by atoms with E-state index in [-0.39, 0.29) is 5.91 Å². The maximum atomic E-state index is 11.3. The number of nitrogens with zero attached hydrogens (tertiary/aromatic N) is 3. The third-order valence-electron chi connectivity index (χ3n) is 3.04. The molecule has 0 spiro atoms. The Hall–Kier alpha value is -2.43. The third kappa shape index (κ3) is 3.78. The molecular weight excluding hydrogens is 252 g/mol. The molecule has 20 heavy (non-hydrogen) atoms. The predicted molar refractivity (Wildman–Crippen MR) is 77.9 cm³/mol. The van der Waals surface area contributed by atoms with Gasteiger partial charge in [-0.15, -0.1) is 0 Å². The first-order valence-electron chi connectivity index (χ1n) is 6.45. The molecule has 1 heterocycles. The molecule has 5 nitrogen and oxygen atoms in total. The normalized spacial score (nSPS) is 10.1. The van der Waals surface area contributed by atoms with Gasteiger partial charge in [0.1, 0.15) is 0 Å². The van der Waals surface area contributed by atoms with E-state index in [2.05, 4.69) is 15.3 Å². The Bertz CT molecular complexity index is 571. The maximum Gasteiger partial charge on any atom is 0.219 e. The van der Waals surface area contributed by atoms with Gasteiger partial charge in [0.05, 0.1) is 18.4 Å². The molecule has 0 radical (unpaired) electrons. The summed E-state index contributed by atoms with van der Waals surface area (Å²) in [5.41, 5.74) is 2.96. The number of benzene rings is 1. The molecule has 0 saturated carbocycles. The van der Waals surface area contributed by atoms with Crippen LogP contribution in [0.3, 0.4) is 0 Å². The van der Waals surface area contributed by atoms with Crippen LogP contribution in [0, 0.1) is 0 Å². The summed E-state index contributed by atoms with van der Waals surface area (Å²) in [5.74, 6) is 0.0497. The van der Waals surface area contributed by atoms with Gasteiger partial charge in [-0.25, -0.2) is 0 Å². The molecule has 0 atom stereocenters. The van der Waals surface area contributed by atoms with E-state index in [9.17, 15) is 4.79 Å². The lowest BCUT2D eigenvalue weighted by Crippen LogP contribution is -2.23. The Morgan fingerprint density at radius 1 is 1.30 bits per heavy atom. The van der Waals surface area contributed by atoms with Gasteiger partial charge in [0.25, 0.3) is 0 Å². The van der Waals surface area contributed by atoms with Gasteiger partial charge < -0.3 is 10.2 Å². The van der Waals surface area contributed by atoms with Gasteiger partial charge in [-0.2, -0.15) is 0 Å². The molecule has 1 aromatic heterocycles. The fourth-order valence-electron chi connectivity index (χ4n) is 1.80. The van der Waals surface area contributed by atoms with Gasteiger partial charge in [-0.1, -0.05) is 18.2 Å². The molecule has 5 heteroatoms. The zero-order valence-corrected chi connectivity index (χ0v) is 11.7. The summed E-state index contributed by atoms with van der Waals surface area (Å²) < 4.78 is 0. The summed E-state index contributed by atoms with van der Waals surface area (Å²) in [7, 11) is 1.79. The van der Waals surface area contributed by atoms with Crippen LogP contribution in [0.5, 0.6) is 0 Å². The smallest absolute Gasteiger partial charge is 0.219 e. The van der Waals surface area contributed by atoms with Crippen molar-refractivity contribution in [2.24, 2.45) is 0 Å². The van der Waals surface area contributed by atoms with Gasteiger partial charge in [0.15, 0.2) is 0 Å². The predicted octanol–water partition coefficient (Wildman–Crippen LogP) is 2.07. The van der Waals surface area contributed by atoms with E-state index in [0.717, 1.165) is 16.9 Å². The molecule has 104 valence electrons. The molecule has 0 aliphatic rings. The molecule has 1 aromatic carbocycles. The molecule has 0 fully saturated rings. The number of nitrogens with one attached hydrogen (secondary N) is 1. The molecular formula is C15H18N4O. The van der Waals surface area contributed by atoms with Gasteiger partial charge in [0.2, 0.25) is 5.91 Å². The van der Waals surface area contributed by atoms with Crippen molar-refractivity contribution in [1.29, 1.82) is 0 Å². The number of carbonyl (C=O) groups excluding carboxylic acids is 1. The minimum absolute atomic E-state index is 0.0497. The van der Waals surface area contributed by atoms with Crippen LogP contribution < -0.4 is 5.32 Å². The van der Waals surface area contributed by atoms with Crippen molar-refractivity contribution in [1.82, 2.24) is 14.9 Å². The fraction of sp³-hybridized carbons (Fsp3) is 0.267. The number of para-hydroxylation sites is 1. The quantitative estimate of drug-likeness (QED) is 0.903. The summed E-state index contributed by atoms with van der Waals surface area (Å²) in [4.78, 5) is 21.3. The number of hydrogen-bond acceptors (Lipinski definition) is 4. The minimum atomic E-state index is 0.0497. The molecule has 0 aliphatic carbocycles. The van der Waals surface area contributed by atoms with Crippen molar-refractivity contribution in [3.05, 3.63) is 54.1 Å². The van der Waals surface area contributed by atoms with E-state index in [0.29, 0.717) is 13.1 Å². The SMILES string of the molecule is CC(=O)N(C)Cc1ccccc1NCc1cnccn1. The van der Waals surface area contributed by atoms with Crippen molar-refractivity contribution in [3.8, 4) is 0 Å². The Labute approximate surface area is 118 Å². The van der Waals surface area contributed by atoms with Crippen LogP contribution in [-0.2, 0) is 17.9 Å². The Morgan fingerprint density at radius 3 is 2.80 bits per heavy atom. The summed E-state index contributed by atoms with van der Waals surface area (Å²) in [5, 5.41) is 3.33. The zero-order valence-electron chi connectivity index (χ0n) is 11.7. The highest BCUT2D eigenvalue weighted by atomic mass is 16.2. The van der Waals surface area contributed by atoms with Crippen molar-refractivity contribution in [2.45, 2.75) is 20.0 Å². The van der Waals surface area contributed by atoms with Gasteiger partial charge >= 0.3 is 0 Å². The second-order valence-corrected chi connectivity index (χ2v) is 4.58. The number of hydrogen-bond donors (Lipinski definition) is 1. The first kappa shape index (κ1) is 14.0. The lowest BCUT2D eigenvalue weighted by atomic mass is 10.1. The molecule has 0 aliphatic heterocycles. The molecule has 0 unspecified atom stereocenters. The van der Waals surface area contributed by atoms with Gasteiger partial charge in [0, 0.05) is 38.6 Å². The first-order chi connectivity index (χ1) is 9.66. The van der Waals surface area contributed by atoms with E-state index in [1.165, 1.54) is 0 Å². The second-order valence-electron chi connectivity index (χ2n) is 4.58. The van der Waals surface area contributed by atoms with Crippen LogP contribution in [0.1, 0.15) is 18.2 Å². The maximum absolute atomic E-state index is 11.3. The van der Waals surface area contributed by atoms with Crippen LogP contribution >= 0.6 is 0 Å². The molecule has 1 amide bonds. The largest absolute Gasteiger partial charge is 0.379 e. The molecule has 2 aromatic rings. The van der Waals surface area contributed by atoms with E-state index in [4.69, 9.17) is 0 Å². The van der Waals surface area contributed by atoms with E-state index >= 15 is 0 Å². The van der Waals surface area contributed by atoms with E-state index in [1.54, 1.807) is 37.5 Å². The second kappa shape index (κ2) is 6.65. The van der Waals surface area contributed by atoms with Crippen LogP contribution in [0.2, 0.25) is 0 Å². The number of rotatable bonds is 5. The van der Waals surface area contributed by atoms with Crippen LogP contribution in [0.25, 0.3) is 0 Å². The highest BCUT2D eigenvalue weighted by molar-refractivity contribution is 5.73. The Balaban J connectivity index is 2.06. The highest BCUT2D eigenvalue weighted by Crippen LogP contribution is 2.17. The third-order valence-corrected chi connectivity index (χ3v) is 3.04. The van der Waals surface area contributed by atoms with E-state index in [1.807, 2.05) is 24.3 Å². The summed E-state index contributed by atoms with van der Waals surface area (Å²) in [6, 6.07) is 7.95. The highest BCUT2D eigenvalue weighted by Gasteiger charge is 2.07. The van der Waals surface area contributed by atoms with Crippen molar-refractivity contribution < 1.29 is 4.79 Å². The molecule has 0 saturated heterocycles. The van der Waals surface area contributed by atoms with Crippen LogP contribution in [0.15, 0.2) is 42.9 Å². The summed E-state index contributed by atoms with van der Waals surface area (Å²) in [6.07, 6.45) is 5.06. The van der Waals surface area contributed by atoms with Gasteiger partial charge in [-0.3, -0.25) is 14.8 Å². The summed E-state index contributed by atoms with van der Waals surface area (Å²) >= 11 is 0.